The maximum atomic E-state index is 11.6. The van der Waals surface area contributed by atoms with Gasteiger partial charge < -0.3 is 24.9 Å². The molecule has 6 heteroatoms. The minimum Gasteiger partial charge on any atom is -0.492 e. The molecule has 3 N–H and O–H groups in total. The van der Waals surface area contributed by atoms with Crippen LogP contribution in [0, 0.1) is 0 Å². The van der Waals surface area contributed by atoms with E-state index in [4.69, 9.17) is 9.15 Å². The summed E-state index contributed by atoms with van der Waals surface area (Å²) in [5.74, 6) is 1.68. The summed E-state index contributed by atoms with van der Waals surface area (Å²) in [7, 11) is 0. The topological polar surface area (TPSA) is 83.7 Å². The zero-order chi connectivity index (χ0) is 17.4. The predicted octanol–water partition coefficient (Wildman–Crippen LogP) is 2.81. The van der Waals surface area contributed by atoms with E-state index in [2.05, 4.69) is 24.5 Å². The number of hydrogen-bond donors (Lipinski definition) is 3. The van der Waals surface area contributed by atoms with E-state index in [0.717, 1.165) is 5.75 Å². The normalized spacial score (nSPS) is 12.0. The van der Waals surface area contributed by atoms with Crippen molar-refractivity contribution in [3.63, 3.8) is 0 Å². The largest absolute Gasteiger partial charge is 0.492 e. The minimum atomic E-state index is -0.860. The third-order valence-corrected chi connectivity index (χ3v) is 3.53. The molecule has 0 aliphatic heterocycles. The lowest BCUT2D eigenvalue weighted by Crippen LogP contribution is -2.39. The van der Waals surface area contributed by atoms with Crippen LogP contribution in [0.2, 0.25) is 0 Å². The van der Waals surface area contributed by atoms with Gasteiger partial charge in [-0.2, -0.15) is 0 Å². The third-order valence-electron chi connectivity index (χ3n) is 3.53. The number of carbonyl (C=O) groups excluding carboxylic acids is 1. The summed E-state index contributed by atoms with van der Waals surface area (Å²) < 4.78 is 10.6. The Kier molecular flexibility index (Phi) is 6.69. The Hall–Kier alpha value is -2.47. The fourth-order valence-corrected chi connectivity index (χ4v) is 2.12. The second-order valence-corrected chi connectivity index (χ2v) is 5.74. The Morgan fingerprint density at radius 1 is 1.21 bits per heavy atom. The lowest BCUT2D eigenvalue weighted by Gasteiger charge is -2.12. The number of carbonyl (C=O) groups is 1. The standard InChI is InChI=1S/C18H24N2O4/c1-13(2)14-5-7-15(8-6-14)23-11-9-19-18(22)20-12-16(21)17-4-3-10-24-17/h3-8,10,13,16,21H,9,11-12H2,1-2H3,(H2,19,20,22). The SMILES string of the molecule is CC(C)c1ccc(OCCNC(=O)NCC(O)c2ccco2)cc1. The van der Waals surface area contributed by atoms with Gasteiger partial charge >= 0.3 is 6.03 Å². The maximum absolute atomic E-state index is 11.6. The Labute approximate surface area is 141 Å². The Balaban J connectivity index is 1.60. The van der Waals surface area contributed by atoms with E-state index in [1.54, 1.807) is 12.1 Å². The number of furan rings is 1. The average molecular weight is 332 g/mol. The van der Waals surface area contributed by atoms with Gasteiger partial charge in [-0.15, -0.1) is 0 Å². The minimum absolute atomic E-state index is 0.0802. The molecule has 0 aliphatic rings. The van der Waals surface area contributed by atoms with Crippen LogP contribution in [0.15, 0.2) is 47.1 Å². The van der Waals surface area contributed by atoms with Crippen LogP contribution < -0.4 is 15.4 Å². The van der Waals surface area contributed by atoms with E-state index in [-0.39, 0.29) is 12.6 Å². The van der Waals surface area contributed by atoms with Gasteiger partial charge in [0.25, 0.3) is 0 Å². The van der Waals surface area contributed by atoms with Crippen LogP contribution in [0.1, 0.15) is 37.2 Å². The summed E-state index contributed by atoms with van der Waals surface area (Å²) in [6.07, 6.45) is 0.616. The lowest BCUT2D eigenvalue weighted by molar-refractivity contribution is 0.147. The molecule has 130 valence electrons. The highest BCUT2D eigenvalue weighted by Gasteiger charge is 2.11. The summed E-state index contributed by atoms with van der Waals surface area (Å²) in [6.45, 7) is 5.10. The first-order valence-corrected chi connectivity index (χ1v) is 8.02. The lowest BCUT2D eigenvalue weighted by atomic mass is 10.0. The number of benzene rings is 1. The summed E-state index contributed by atoms with van der Waals surface area (Å²) in [5, 5.41) is 15.0. The molecule has 6 nitrogen and oxygen atoms in total. The molecule has 0 saturated carbocycles. The molecule has 2 rings (SSSR count). The van der Waals surface area contributed by atoms with Gasteiger partial charge in [0.05, 0.1) is 19.4 Å². The number of urea groups is 1. The van der Waals surface area contributed by atoms with Crippen LogP contribution in [0.25, 0.3) is 0 Å². The molecule has 24 heavy (non-hydrogen) atoms. The second-order valence-electron chi connectivity index (χ2n) is 5.74. The van der Waals surface area contributed by atoms with Gasteiger partial charge in [-0.05, 0) is 35.7 Å². The van der Waals surface area contributed by atoms with Crippen molar-refractivity contribution in [1.82, 2.24) is 10.6 Å². The molecular weight excluding hydrogens is 308 g/mol. The van der Waals surface area contributed by atoms with Gasteiger partial charge in [-0.1, -0.05) is 26.0 Å². The Morgan fingerprint density at radius 3 is 2.58 bits per heavy atom. The fraction of sp³-hybridized carbons (Fsp3) is 0.389. The van der Waals surface area contributed by atoms with Gasteiger partial charge in [0.15, 0.2) is 0 Å². The molecule has 0 spiro atoms. The molecule has 1 aromatic carbocycles. The highest BCUT2D eigenvalue weighted by atomic mass is 16.5. The molecule has 1 unspecified atom stereocenters. The molecular formula is C18H24N2O4. The predicted molar refractivity (Wildman–Crippen MR) is 91.1 cm³/mol. The van der Waals surface area contributed by atoms with Gasteiger partial charge in [0, 0.05) is 0 Å². The second kappa shape index (κ2) is 8.98. The number of rotatable bonds is 8. The highest BCUT2D eigenvalue weighted by Crippen LogP contribution is 2.18. The van der Waals surface area contributed by atoms with Crippen LogP contribution in [-0.2, 0) is 0 Å². The molecule has 0 saturated heterocycles. The van der Waals surface area contributed by atoms with Crippen LogP contribution >= 0.6 is 0 Å². The van der Waals surface area contributed by atoms with E-state index in [1.807, 2.05) is 24.3 Å². The van der Waals surface area contributed by atoms with Crippen molar-refractivity contribution in [3.05, 3.63) is 54.0 Å². The first-order chi connectivity index (χ1) is 11.6. The number of ether oxygens (including phenoxy) is 1. The molecule has 0 radical (unpaired) electrons. The molecule has 1 atom stereocenters. The maximum Gasteiger partial charge on any atom is 0.315 e. The zero-order valence-electron chi connectivity index (χ0n) is 14.0. The molecule has 0 fully saturated rings. The zero-order valence-corrected chi connectivity index (χ0v) is 14.0. The third kappa shape index (κ3) is 5.62. The van der Waals surface area contributed by atoms with Crippen molar-refractivity contribution in [3.8, 4) is 5.75 Å². The highest BCUT2D eigenvalue weighted by molar-refractivity contribution is 5.73. The monoisotopic (exact) mass is 332 g/mol. The quantitative estimate of drug-likeness (QED) is 0.649. The number of hydrogen-bond acceptors (Lipinski definition) is 4. The van der Waals surface area contributed by atoms with E-state index in [9.17, 15) is 9.90 Å². The number of aliphatic hydroxyl groups excluding tert-OH is 1. The van der Waals surface area contributed by atoms with Crippen molar-refractivity contribution in [2.75, 3.05) is 19.7 Å². The average Bonchev–Trinajstić information content (AvgIpc) is 3.11. The Bertz CT molecular complexity index is 608. The van der Waals surface area contributed by atoms with Crippen LogP contribution in [0.5, 0.6) is 5.75 Å². The molecule has 0 aliphatic carbocycles. The molecule has 0 bridgehead atoms. The van der Waals surface area contributed by atoms with Crippen molar-refractivity contribution >= 4 is 6.03 Å². The van der Waals surface area contributed by atoms with Crippen LogP contribution in [0.3, 0.4) is 0 Å². The van der Waals surface area contributed by atoms with Gasteiger partial charge in [-0.25, -0.2) is 4.79 Å². The molecule has 1 heterocycles. The van der Waals surface area contributed by atoms with Crippen LogP contribution in [0.4, 0.5) is 4.79 Å². The molecule has 2 amide bonds. The van der Waals surface area contributed by atoms with Crippen molar-refractivity contribution in [1.29, 1.82) is 0 Å². The van der Waals surface area contributed by atoms with Crippen molar-refractivity contribution in [2.45, 2.75) is 25.9 Å². The van der Waals surface area contributed by atoms with E-state index < -0.39 is 6.10 Å². The van der Waals surface area contributed by atoms with Gasteiger partial charge in [-0.3, -0.25) is 0 Å². The van der Waals surface area contributed by atoms with Gasteiger partial charge in [0.1, 0.15) is 24.2 Å². The molecule has 1 aromatic heterocycles. The van der Waals surface area contributed by atoms with Crippen molar-refractivity contribution in [2.24, 2.45) is 0 Å². The summed E-state index contributed by atoms with van der Waals surface area (Å²) >= 11 is 0. The Morgan fingerprint density at radius 2 is 1.96 bits per heavy atom. The first kappa shape index (κ1) is 17.9. The first-order valence-electron chi connectivity index (χ1n) is 8.02. The van der Waals surface area contributed by atoms with Crippen molar-refractivity contribution < 1.29 is 19.1 Å². The summed E-state index contributed by atoms with van der Waals surface area (Å²) in [5.41, 5.74) is 1.26. The van der Waals surface area contributed by atoms with Crippen LogP contribution in [-0.4, -0.2) is 30.8 Å². The molecule has 2 aromatic rings. The summed E-state index contributed by atoms with van der Waals surface area (Å²) in [4.78, 5) is 11.6. The van der Waals surface area contributed by atoms with E-state index >= 15 is 0 Å². The van der Waals surface area contributed by atoms with E-state index in [1.165, 1.54) is 11.8 Å². The smallest absolute Gasteiger partial charge is 0.315 e. The number of nitrogens with one attached hydrogen (secondary N) is 2. The van der Waals surface area contributed by atoms with Gasteiger partial charge in [0.2, 0.25) is 0 Å². The van der Waals surface area contributed by atoms with E-state index in [0.29, 0.717) is 24.8 Å². The number of amides is 2. The summed E-state index contributed by atoms with van der Waals surface area (Å²) in [6, 6.07) is 10.9. The fourth-order valence-electron chi connectivity index (χ4n) is 2.12. The number of aliphatic hydroxyl groups is 1.